The summed E-state index contributed by atoms with van der Waals surface area (Å²) in [6.45, 7) is 3.66. The van der Waals surface area contributed by atoms with Crippen molar-refractivity contribution in [2.75, 3.05) is 13.0 Å². The zero-order chi connectivity index (χ0) is 11.6. The van der Waals surface area contributed by atoms with Crippen molar-refractivity contribution < 1.29 is 9.53 Å². The standard InChI is InChI=1S/C11H12Cl2O2/c1-6-4-9(15-3)10(8(14)5-12)7(2)11(6)13/h4H,5H2,1-3H3. The zero-order valence-corrected chi connectivity index (χ0v) is 10.4. The summed E-state index contributed by atoms with van der Waals surface area (Å²) in [5, 5.41) is 0.587. The van der Waals surface area contributed by atoms with E-state index in [1.165, 1.54) is 7.11 Å². The van der Waals surface area contributed by atoms with Crippen LogP contribution in [-0.2, 0) is 0 Å². The average Bonchev–Trinajstić information content (AvgIpc) is 2.24. The Hall–Kier alpha value is -0.730. The van der Waals surface area contributed by atoms with Gasteiger partial charge in [-0.2, -0.15) is 0 Å². The number of carbonyl (C=O) groups is 1. The van der Waals surface area contributed by atoms with Crippen LogP contribution in [-0.4, -0.2) is 18.8 Å². The molecule has 0 unspecified atom stereocenters. The highest BCUT2D eigenvalue weighted by atomic mass is 35.5. The normalized spacial score (nSPS) is 10.2. The number of hydrogen-bond acceptors (Lipinski definition) is 2. The fourth-order valence-corrected chi connectivity index (χ4v) is 1.78. The molecule has 0 aliphatic carbocycles. The molecule has 0 aromatic heterocycles. The second-order valence-corrected chi connectivity index (χ2v) is 3.91. The van der Waals surface area contributed by atoms with Crippen LogP contribution in [0.1, 0.15) is 21.5 Å². The van der Waals surface area contributed by atoms with E-state index in [1.807, 2.05) is 6.92 Å². The van der Waals surface area contributed by atoms with E-state index in [0.717, 1.165) is 11.1 Å². The summed E-state index contributed by atoms with van der Waals surface area (Å²) in [7, 11) is 1.52. The van der Waals surface area contributed by atoms with Crippen molar-refractivity contribution in [1.29, 1.82) is 0 Å². The number of ketones is 1. The second kappa shape index (κ2) is 4.86. The molecule has 0 N–H and O–H groups in total. The molecule has 0 fully saturated rings. The maximum Gasteiger partial charge on any atom is 0.181 e. The molecule has 1 aromatic carbocycles. The lowest BCUT2D eigenvalue weighted by atomic mass is 10.0. The number of benzene rings is 1. The zero-order valence-electron chi connectivity index (χ0n) is 8.86. The first kappa shape index (κ1) is 12.3. The number of halogens is 2. The predicted octanol–water partition coefficient (Wildman–Crippen LogP) is 3.39. The lowest BCUT2D eigenvalue weighted by Crippen LogP contribution is -2.07. The molecule has 0 bridgehead atoms. The minimum Gasteiger partial charge on any atom is -0.496 e. The molecule has 1 rings (SSSR count). The average molecular weight is 247 g/mol. The van der Waals surface area contributed by atoms with Gasteiger partial charge in [0.15, 0.2) is 5.78 Å². The summed E-state index contributed by atoms with van der Waals surface area (Å²) in [5.41, 5.74) is 2.08. The summed E-state index contributed by atoms with van der Waals surface area (Å²) in [6, 6.07) is 1.75. The summed E-state index contributed by atoms with van der Waals surface area (Å²) in [5.74, 6) is 0.282. The number of methoxy groups -OCH3 is 1. The van der Waals surface area contributed by atoms with Crippen LogP contribution in [0.25, 0.3) is 0 Å². The van der Waals surface area contributed by atoms with Gasteiger partial charge in [-0.25, -0.2) is 0 Å². The maximum atomic E-state index is 11.6. The van der Waals surface area contributed by atoms with Crippen LogP contribution in [0.4, 0.5) is 0 Å². The molecule has 2 nitrogen and oxygen atoms in total. The number of carbonyl (C=O) groups excluding carboxylic acids is 1. The monoisotopic (exact) mass is 246 g/mol. The fourth-order valence-electron chi connectivity index (χ4n) is 1.50. The molecule has 0 radical (unpaired) electrons. The lowest BCUT2D eigenvalue weighted by molar-refractivity contribution is 0.101. The van der Waals surface area contributed by atoms with Gasteiger partial charge in [0, 0.05) is 5.02 Å². The van der Waals surface area contributed by atoms with Crippen LogP contribution in [0.5, 0.6) is 5.75 Å². The van der Waals surface area contributed by atoms with Crippen molar-refractivity contribution in [3.8, 4) is 5.75 Å². The molecule has 0 heterocycles. The molecule has 0 saturated carbocycles. The quantitative estimate of drug-likeness (QED) is 0.604. The molecule has 0 saturated heterocycles. The molecule has 1 aromatic rings. The van der Waals surface area contributed by atoms with Crippen LogP contribution in [0.15, 0.2) is 6.07 Å². The summed E-state index contributed by atoms with van der Waals surface area (Å²) < 4.78 is 5.15. The Labute approximate surface area is 99.1 Å². The van der Waals surface area contributed by atoms with E-state index in [1.54, 1.807) is 13.0 Å². The van der Waals surface area contributed by atoms with E-state index in [0.29, 0.717) is 16.3 Å². The second-order valence-electron chi connectivity index (χ2n) is 3.27. The van der Waals surface area contributed by atoms with Gasteiger partial charge in [-0.1, -0.05) is 11.6 Å². The van der Waals surface area contributed by atoms with E-state index < -0.39 is 0 Å². The first-order valence-corrected chi connectivity index (χ1v) is 5.37. The van der Waals surface area contributed by atoms with Crippen molar-refractivity contribution >= 4 is 29.0 Å². The van der Waals surface area contributed by atoms with E-state index in [-0.39, 0.29) is 11.7 Å². The summed E-state index contributed by atoms with van der Waals surface area (Å²) in [4.78, 5) is 11.6. The Bertz CT molecular complexity index is 400. The van der Waals surface area contributed by atoms with Gasteiger partial charge in [-0.05, 0) is 31.0 Å². The van der Waals surface area contributed by atoms with Gasteiger partial charge in [0.25, 0.3) is 0 Å². The van der Waals surface area contributed by atoms with Gasteiger partial charge in [-0.3, -0.25) is 4.79 Å². The highest BCUT2D eigenvalue weighted by Crippen LogP contribution is 2.31. The third kappa shape index (κ3) is 2.27. The summed E-state index contributed by atoms with van der Waals surface area (Å²) >= 11 is 11.6. The summed E-state index contributed by atoms with van der Waals surface area (Å²) in [6.07, 6.45) is 0. The Kier molecular flexibility index (Phi) is 4.00. The fraction of sp³-hybridized carbons (Fsp3) is 0.364. The van der Waals surface area contributed by atoms with E-state index in [2.05, 4.69) is 0 Å². The highest BCUT2D eigenvalue weighted by molar-refractivity contribution is 6.34. The van der Waals surface area contributed by atoms with Crippen LogP contribution in [0, 0.1) is 13.8 Å². The topological polar surface area (TPSA) is 26.3 Å². The third-order valence-electron chi connectivity index (χ3n) is 2.26. The van der Waals surface area contributed by atoms with Gasteiger partial charge in [0.1, 0.15) is 5.75 Å². The van der Waals surface area contributed by atoms with Crippen molar-refractivity contribution in [2.45, 2.75) is 13.8 Å². The van der Waals surface area contributed by atoms with Gasteiger partial charge >= 0.3 is 0 Å². The molecule has 0 spiro atoms. The molecule has 15 heavy (non-hydrogen) atoms. The number of alkyl halides is 1. The first-order chi connectivity index (χ1) is 7.02. The number of ether oxygens (including phenoxy) is 1. The molecule has 0 atom stereocenters. The Morgan fingerprint density at radius 1 is 1.47 bits per heavy atom. The van der Waals surface area contributed by atoms with Crippen LogP contribution >= 0.6 is 23.2 Å². The molecular formula is C11H12Cl2O2. The van der Waals surface area contributed by atoms with Crippen LogP contribution in [0.2, 0.25) is 5.02 Å². The van der Waals surface area contributed by atoms with Gasteiger partial charge in [-0.15, -0.1) is 11.6 Å². The number of hydrogen-bond donors (Lipinski definition) is 0. The highest BCUT2D eigenvalue weighted by Gasteiger charge is 2.18. The minimum absolute atomic E-state index is 0.0728. The van der Waals surface area contributed by atoms with E-state index >= 15 is 0 Å². The van der Waals surface area contributed by atoms with Crippen molar-refractivity contribution in [3.05, 3.63) is 27.8 Å². The predicted molar refractivity (Wildman–Crippen MR) is 62.5 cm³/mol. The Balaban J connectivity index is 3.47. The molecule has 0 amide bonds. The maximum absolute atomic E-state index is 11.6. The molecule has 0 aliphatic rings. The van der Waals surface area contributed by atoms with Crippen molar-refractivity contribution in [1.82, 2.24) is 0 Å². The number of rotatable bonds is 3. The molecular weight excluding hydrogens is 235 g/mol. The van der Waals surface area contributed by atoms with Crippen LogP contribution < -0.4 is 4.74 Å². The third-order valence-corrected chi connectivity index (χ3v) is 3.09. The number of aryl methyl sites for hydroxylation is 1. The van der Waals surface area contributed by atoms with Gasteiger partial charge < -0.3 is 4.74 Å². The number of Topliss-reactive ketones (excluding diaryl/α,β-unsaturated/α-hetero) is 1. The smallest absolute Gasteiger partial charge is 0.181 e. The van der Waals surface area contributed by atoms with Crippen molar-refractivity contribution in [3.63, 3.8) is 0 Å². The minimum atomic E-state index is -0.173. The lowest BCUT2D eigenvalue weighted by Gasteiger charge is -2.13. The molecule has 4 heteroatoms. The van der Waals surface area contributed by atoms with E-state index in [4.69, 9.17) is 27.9 Å². The van der Waals surface area contributed by atoms with Gasteiger partial charge in [0.2, 0.25) is 0 Å². The van der Waals surface area contributed by atoms with Gasteiger partial charge in [0.05, 0.1) is 18.6 Å². The Morgan fingerprint density at radius 3 is 2.53 bits per heavy atom. The first-order valence-electron chi connectivity index (χ1n) is 4.45. The largest absolute Gasteiger partial charge is 0.496 e. The van der Waals surface area contributed by atoms with E-state index in [9.17, 15) is 4.79 Å². The SMILES string of the molecule is COc1cc(C)c(Cl)c(C)c1C(=O)CCl. The van der Waals surface area contributed by atoms with Crippen LogP contribution in [0.3, 0.4) is 0 Å². The molecule has 82 valence electrons. The molecule has 0 aliphatic heterocycles. The Morgan fingerprint density at radius 2 is 2.07 bits per heavy atom. The van der Waals surface area contributed by atoms with Crippen molar-refractivity contribution in [2.24, 2.45) is 0 Å².